The zero-order valence-electron chi connectivity index (χ0n) is 41.1. The number of aliphatic hydroxyl groups is 1. The van der Waals surface area contributed by atoms with E-state index in [0.717, 1.165) is 42.2 Å². The van der Waals surface area contributed by atoms with E-state index >= 15 is 0 Å². The van der Waals surface area contributed by atoms with Gasteiger partial charge in [-0.05, 0) is 95.8 Å². The van der Waals surface area contributed by atoms with Crippen LogP contribution in [0.4, 0.5) is 0 Å². The maximum absolute atomic E-state index is 14.0. The normalized spacial score (nSPS) is 15.1. The summed E-state index contributed by atoms with van der Waals surface area (Å²) in [6.07, 6.45) is -0.789. The quantitative estimate of drug-likeness (QED) is 0.0331. The zero-order chi connectivity index (χ0) is 51.2. The number of methoxy groups -OCH3 is 1. The third-order valence-electron chi connectivity index (χ3n) is 11.9. The number of hydrogen-bond acceptors (Lipinski definition) is 15. The number of likely N-dealkylation sites (tertiary alicyclic amines) is 1. The van der Waals surface area contributed by atoms with Gasteiger partial charge in [-0.25, -0.2) is 4.98 Å². The highest BCUT2D eigenvalue weighted by Crippen LogP contribution is 2.42. The van der Waals surface area contributed by atoms with Gasteiger partial charge in [0.1, 0.15) is 42.5 Å². The Morgan fingerprint density at radius 3 is 2.03 bits per heavy atom. The molecule has 1 fully saturated rings. The second kappa shape index (κ2) is 25.4. The van der Waals surface area contributed by atoms with Gasteiger partial charge >= 0.3 is 0 Å². The Kier molecular flexibility index (Phi) is 18.9. The van der Waals surface area contributed by atoms with Crippen molar-refractivity contribution in [1.82, 2.24) is 20.5 Å². The highest BCUT2D eigenvalue weighted by atomic mass is 32.1. The molecular weight excluding hydrogens is 961 g/mol. The molecule has 1 aliphatic rings. The van der Waals surface area contributed by atoms with E-state index in [4.69, 9.17) is 28.4 Å². The Hall–Kier alpha value is -6.25. The largest absolute Gasteiger partial charge is 0.508 e. The van der Waals surface area contributed by atoms with Gasteiger partial charge in [-0.3, -0.25) is 19.2 Å². The van der Waals surface area contributed by atoms with E-state index in [0.29, 0.717) is 62.3 Å². The molecule has 1 saturated heterocycles. The molecular formula is C54H62N4O12S2. The number of thiazole rings is 1. The van der Waals surface area contributed by atoms with E-state index in [-0.39, 0.29) is 56.8 Å². The number of benzene rings is 4. The number of fused-ring (bicyclic) bond motifs is 1. The zero-order valence-corrected chi connectivity index (χ0v) is 42.8. The number of nitrogens with zero attached hydrogens (tertiary/aromatic N) is 2. The maximum Gasteiger partial charge on any atom is 0.246 e. The molecule has 7 rings (SSSR count). The van der Waals surface area contributed by atoms with Crippen LogP contribution in [-0.4, -0.2) is 135 Å². The van der Waals surface area contributed by atoms with Crippen molar-refractivity contribution in [2.45, 2.75) is 58.8 Å². The fraction of sp³-hybridized carbons (Fsp3) is 0.389. The molecule has 0 aliphatic carbocycles. The number of hydrogen-bond donors (Lipinski definition) is 4. The topological polar surface area (TPSA) is 204 Å². The average Bonchev–Trinajstić information content (AvgIpc) is 4.10. The lowest BCUT2D eigenvalue weighted by atomic mass is 9.85. The van der Waals surface area contributed by atoms with Crippen molar-refractivity contribution < 1.29 is 57.8 Å². The van der Waals surface area contributed by atoms with Crippen LogP contribution in [0, 0.1) is 12.3 Å². The molecule has 0 spiro atoms. The first-order chi connectivity index (χ1) is 34.7. The van der Waals surface area contributed by atoms with Gasteiger partial charge in [0.15, 0.2) is 5.78 Å². The monoisotopic (exact) mass is 1020 g/mol. The number of aryl methyl sites for hydroxylation is 1. The SMILES string of the molecule is COc1ccc2c(C(=O)c3ccc(OCCOCCOCCOCCOCC(=O)N[C@H](C(=O)N4CC(O)CC4C(=O)NCc4ccc(-c5scnc5C)cc4)C(C)(C)C)cc3)c(-c3ccc(O)cc3)sc2c1. The van der Waals surface area contributed by atoms with E-state index in [1.54, 1.807) is 67.0 Å². The minimum Gasteiger partial charge on any atom is -0.508 e. The lowest BCUT2D eigenvalue weighted by Gasteiger charge is -2.35. The summed E-state index contributed by atoms with van der Waals surface area (Å²) in [5, 5.41) is 26.9. The Balaban J connectivity index is 0.742. The van der Waals surface area contributed by atoms with Gasteiger partial charge in [-0.15, -0.1) is 22.7 Å². The summed E-state index contributed by atoms with van der Waals surface area (Å²) in [4.78, 5) is 61.8. The first kappa shape index (κ1) is 53.5. The highest BCUT2D eigenvalue weighted by Gasteiger charge is 2.44. The van der Waals surface area contributed by atoms with Crippen LogP contribution < -0.4 is 20.1 Å². The molecule has 2 unspecified atom stereocenters. The number of amides is 3. The van der Waals surface area contributed by atoms with Gasteiger partial charge in [0.25, 0.3) is 0 Å². The summed E-state index contributed by atoms with van der Waals surface area (Å²) in [5.74, 6) is 0.00241. The number of thiophene rings is 1. The van der Waals surface area contributed by atoms with Crippen LogP contribution in [-0.2, 0) is 39.9 Å². The molecule has 382 valence electrons. The molecule has 3 atom stereocenters. The molecule has 1 aliphatic heterocycles. The van der Waals surface area contributed by atoms with Gasteiger partial charge in [0, 0.05) is 45.6 Å². The minimum atomic E-state index is -0.975. The number of aromatic nitrogens is 1. The molecule has 0 radical (unpaired) electrons. The number of nitrogens with one attached hydrogen (secondary N) is 2. The molecule has 0 bridgehead atoms. The third kappa shape index (κ3) is 14.2. The van der Waals surface area contributed by atoms with Crippen LogP contribution >= 0.6 is 22.7 Å². The number of phenolic OH excluding ortho intramolecular Hbond substituents is 1. The molecule has 4 aromatic carbocycles. The van der Waals surface area contributed by atoms with Crippen molar-refractivity contribution in [3.63, 3.8) is 0 Å². The Morgan fingerprint density at radius 1 is 0.792 bits per heavy atom. The van der Waals surface area contributed by atoms with Gasteiger partial charge in [-0.2, -0.15) is 0 Å². The second-order valence-electron chi connectivity index (χ2n) is 18.3. The number of phenols is 1. The summed E-state index contributed by atoms with van der Waals surface area (Å²) in [7, 11) is 1.61. The van der Waals surface area contributed by atoms with Crippen LogP contribution in [0.15, 0.2) is 96.5 Å². The minimum absolute atomic E-state index is 0.0242. The fourth-order valence-electron chi connectivity index (χ4n) is 8.12. The Morgan fingerprint density at radius 2 is 1.40 bits per heavy atom. The summed E-state index contributed by atoms with van der Waals surface area (Å²) in [5.41, 5.74) is 5.93. The fourth-order valence-corrected chi connectivity index (χ4v) is 10.2. The Labute approximate surface area is 427 Å². The molecule has 6 aromatic rings. The number of β-amino-alcohol motifs (C(OH)–C–C–N with tert-alkyl or cyclic N) is 1. The molecule has 18 heteroatoms. The van der Waals surface area contributed by atoms with E-state index in [1.165, 1.54) is 16.2 Å². The van der Waals surface area contributed by atoms with E-state index in [9.17, 15) is 29.4 Å². The third-order valence-corrected chi connectivity index (χ3v) is 14.1. The van der Waals surface area contributed by atoms with Crippen LogP contribution in [0.2, 0.25) is 0 Å². The Bertz CT molecular complexity index is 2750. The van der Waals surface area contributed by atoms with Crippen LogP contribution in [0.1, 0.15) is 54.4 Å². The van der Waals surface area contributed by atoms with Crippen molar-refractivity contribution in [3.05, 3.63) is 119 Å². The van der Waals surface area contributed by atoms with Crippen molar-refractivity contribution in [2.75, 3.05) is 73.1 Å². The highest BCUT2D eigenvalue weighted by molar-refractivity contribution is 7.22. The predicted molar refractivity (Wildman–Crippen MR) is 276 cm³/mol. The molecule has 0 saturated carbocycles. The molecule has 2 aromatic heterocycles. The van der Waals surface area contributed by atoms with Crippen LogP contribution in [0.5, 0.6) is 17.2 Å². The first-order valence-corrected chi connectivity index (χ1v) is 25.4. The summed E-state index contributed by atoms with van der Waals surface area (Å²) in [6, 6.07) is 25.5. The van der Waals surface area contributed by atoms with Gasteiger partial charge < -0.3 is 54.2 Å². The molecule has 4 N–H and O–H groups in total. The van der Waals surface area contributed by atoms with Crippen molar-refractivity contribution in [1.29, 1.82) is 0 Å². The number of aromatic hydroxyl groups is 1. The van der Waals surface area contributed by atoms with E-state index in [1.807, 2.05) is 75.7 Å². The lowest BCUT2D eigenvalue weighted by molar-refractivity contribution is -0.144. The van der Waals surface area contributed by atoms with Crippen molar-refractivity contribution >= 4 is 56.3 Å². The van der Waals surface area contributed by atoms with Gasteiger partial charge in [-0.1, -0.05) is 45.0 Å². The van der Waals surface area contributed by atoms with Gasteiger partial charge in [0.05, 0.1) is 75.5 Å². The van der Waals surface area contributed by atoms with Crippen molar-refractivity contribution in [2.24, 2.45) is 5.41 Å². The number of ketones is 1. The molecule has 3 amide bonds. The number of carbonyl (C=O) groups is 4. The standard InChI is InChI=1S/C54H62N4O12S2/c1-34-49(71-33-56-34)37-8-6-35(7-9-37)30-55-52(63)44-28-40(60)31-58(44)53(64)51(54(2,3)4)57-46(61)32-69-25-24-67-21-20-66-22-23-68-26-27-70-41-16-12-36(13-17-41)48(62)47-43-19-18-42(65-5)29-45(43)72-50(47)38-10-14-39(59)15-11-38/h6-19,29,33,40,44,51,59-60H,20-28,30-32H2,1-5H3,(H,55,63)(H,57,61)/t40?,44?,51-/m1/s1. The maximum atomic E-state index is 14.0. The first-order valence-electron chi connectivity index (χ1n) is 23.7. The number of rotatable bonds is 25. The summed E-state index contributed by atoms with van der Waals surface area (Å²) in [6.45, 7) is 9.71. The van der Waals surface area contributed by atoms with Crippen molar-refractivity contribution in [3.8, 4) is 38.1 Å². The average molecular weight is 1020 g/mol. The predicted octanol–water partition coefficient (Wildman–Crippen LogP) is 7.20. The van der Waals surface area contributed by atoms with E-state index in [2.05, 4.69) is 15.6 Å². The molecule has 72 heavy (non-hydrogen) atoms. The summed E-state index contributed by atoms with van der Waals surface area (Å²) >= 11 is 3.07. The lowest BCUT2D eigenvalue weighted by Crippen LogP contribution is -2.58. The summed E-state index contributed by atoms with van der Waals surface area (Å²) < 4.78 is 34.5. The number of ether oxygens (including phenoxy) is 6. The number of carbonyl (C=O) groups excluding carboxylic acids is 4. The molecule has 16 nitrogen and oxygen atoms in total. The molecule has 3 heterocycles. The van der Waals surface area contributed by atoms with E-state index < -0.39 is 35.4 Å². The van der Waals surface area contributed by atoms with Gasteiger partial charge in [0.2, 0.25) is 17.7 Å². The van der Waals surface area contributed by atoms with Crippen LogP contribution in [0.3, 0.4) is 0 Å². The van der Waals surface area contributed by atoms with Crippen LogP contribution in [0.25, 0.3) is 31.0 Å². The number of aliphatic hydroxyl groups excluding tert-OH is 1. The second-order valence-corrected chi connectivity index (χ2v) is 20.2. The smallest absolute Gasteiger partial charge is 0.246 e.